The molecule has 0 fully saturated rings. The second kappa shape index (κ2) is 8.09. The molecule has 1 aliphatic rings. The van der Waals surface area contributed by atoms with E-state index >= 15 is 0 Å². The van der Waals surface area contributed by atoms with Crippen LogP contribution in [0.2, 0.25) is 0 Å². The first-order valence-electron chi connectivity index (χ1n) is 9.20. The van der Waals surface area contributed by atoms with Crippen LogP contribution in [0.4, 0.5) is 0 Å². The Labute approximate surface area is 151 Å². The first kappa shape index (κ1) is 19.6. The van der Waals surface area contributed by atoms with Gasteiger partial charge in [-0.3, -0.25) is 9.69 Å². The van der Waals surface area contributed by atoms with E-state index in [2.05, 4.69) is 36.2 Å². The summed E-state index contributed by atoms with van der Waals surface area (Å²) in [4.78, 5) is 14.4. The maximum absolute atomic E-state index is 12.3. The van der Waals surface area contributed by atoms with Crippen molar-refractivity contribution in [3.63, 3.8) is 0 Å². The van der Waals surface area contributed by atoms with Crippen molar-refractivity contribution in [2.24, 2.45) is 0 Å². The fourth-order valence-corrected chi connectivity index (χ4v) is 3.08. The maximum Gasteiger partial charge on any atom is 0.234 e. The van der Waals surface area contributed by atoms with E-state index in [1.807, 2.05) is 27.7 Å². The van der Waals surface area contributed by atoms with Crippen LogP contribution in [0.15, 0.2) is 12.1 Å². The zero-order valence-electron chi connectivity index (χ0n) is 16.4. The van der Waals surface area contributed by atoms with Gasteiger partial charge in [0.1, 0.15) is 17.6 Å². The number of carbonyl (C=O) groups is 1. The van der Waals surface area contributed by atoms with Gasteiger partial charge in [0.15, 0.2) is 0 Å². The average Bonchev–Trinajstić information content (AvgIpc) is 2.84. The Hall–Kier alpha value is -1.75. The molecule has 1 atom stereocenters. The summed E-state index contributed by atoms with van der Waals surface area (Å²) in [6.45, 7) is 14.6. The van der Waals surface area contributed by atoms with Crippen LogP contribution in [0.25, 0.3) is 0 Å². The van der Waals surface area contributed by atoms with Crippen molar-refractivity contribution < 1.29 is 14.3 Å². The normalized spacial score (nSPS) is 16.5. The topological polar surface area (TPSA) is 50.8 Å². The van der Waals surface area contributed by atoms with Crippen molar-refractivity contribution in [3.8, 4) is 11.5 Å². The molecule has 5 nitrogen and oxygen atoms in total. The predicted molar refractivity (Wildman–Crippen MR) is 100 cm³/mol. The molecular weight excluding hydrogens is 316 g/mol. The number of carbonyl (C=O) groups excluding carboxylic acids is 1. The molecule has 0 aliphatic carbocycles. The molecule has 1 aliphatic heterocycles. The monoisotopic (exact) mass is 348 g/mol. The van der Waals surface area contributed by atoms with Crippen LogP contribution < -0.4 is 14.8 Å². The van der Waals surface area contributed by atoms with Crippen LogP contribution in [0.3, 0.4) is 0 Å². The lowest BCUT2D eigenvalue weighted by Gasteiger charge is -2.25. The molecule has 0 saturated carbocycles. The second-order valence-electron chi connectivity index (χ2n) is 7.73. The molecule has 0 radical (unpaired) electrons. The highest BCUT2D eigenvalue weighted by Crippen LogP contribution is 2.35. The van der Waals surface area contributed by atoms with E-state index in [1.165, 1.54) is 5.56 Å². The lowest BCUT2D eigenvalue weighted by molar-refractivity contribution is -0.123. The Bertz CT molecular complexity index is 608. The molecule has 1 aromatic rings. The van der Waals surface area contributed by atoms with Crippen LogP contribution in [-0.4, -0.2) is 42.1 Å². The summed E-state index contributed by atoms with van der Waals surface area (Å²) in [6, 6.07) is 4.18. The quantitative estimate of drug-likeness (QED) is 0.822. The summed E-state index contributed by atoms with van der Waals surface area (Å²) >= 11 is 0. The molecule has 5 heteroatoms. The molecule has 1 amide bonds. The van der Waals surface area contributed by atoms with Gasteiger partial charge in [-0.1, -0.05) is 6.92 Å². The molecule has 0 bridgehead atoms. The molecule has 2 rings (SSSR count). The minimum atomic E-state index is -0.218. The van der Waals surface area contributed by atoms with Gasteiger partial charge < -0.3 is 14.8 Å². The van der Waals surface area contributed by atoms with Crippen molar-refractivity contribution in [2.45, 2.75) is 66.2 Å². The van der Waals surface area contributed by atoms with Crippen LogP contribution in [-0.2, 0) is 17.8 Å². The number of hydrogen-bond acceptors (Lipinski definition) is 4. The van der Waals surface area contributed by atoms with Crippen LogP contribution in [0.1, 0.15) is 52.7 Å². The molecule has 0 spiro atoms. The number of fused-ring (bicyclic) bond motifs is 1. The Kier molecular flexibility index (Phi) is 6.33. The Morgan fingerprint density at radius 1 is 1.36 bits per heavy atom. The predicted octanol–water partition coefficient (Wildman–Crippen LogP) is 3.15. The number of nitrogens with one attached hydrogen (secondary N) is 1. The Balaban J connectivity index is 2.13. The third-order valence-electron chi connectivity index (χ3n) is 4.10. The third-order valence-corrected chi connectivity index (χ3v) is 4.10. The van der Waals surface area contributed by atoms with Crippen LogP contribution >= 0.6 is 0 Å². The summed E-state index contributed by atoms with van der Waals surface area (Å²) in [6.07, 6.45) is 1.13. The SMILES string of the molecule is CCOc1cc2c(cc1CN(CC)CC(=O)NC(C)(C)C)OC(C)C2. The Morgan fingerprint density at radius 2 is 2.08 bits per heavy atom. The van der Waals surface area contributed by atoms with E-state index in [-0.39, 0.29) is 17.6 Å². The molecule has 0 saturated heterocycles. The van der Waals surface area contributed by atoms with Crippen molar-refractivity contribution in [2.75, 3.05) is 19.7 Å². The summed E-state index contributed by atoms with van der Waals surface area (Å²) in [7, 11) is 0. The summed E-state index contributed by atoms with van der Waals surface area (Å²) < 4.78 is 11.7. The molecule has 140 valence electrons. The fraction of sp³-hybridized carbons (Fsp3) is 0.650. The zero-order chi connectivity index (χ0) is 18.6. The molecular formula is C20H32N2O3. The summed E-state index contributed by atoms with van der Waals surface area (Å²) in [5.41, 5.74) is 2.05. The molecule has 25 heavy (non-hydrogen) atoms. The minimum absolute atomic E-state index is 0.0401. The van der Waals surface area contributed by atoms with E-state index in [4.69, 9.17) is 9.47 Å². The molecule has 1 unspecified atom stereocenters. The fourth-order valence-electron chi connectivity index (χ4n) is 3.08. The van der Waals surface area contributed by atoms with E-state index in [9.17, 15) is 4.79 Å². The van der Waals surface area contributed by atoms with E-state index in [0.29, 0.717) is 19.7 Å². The highest BCUT2D eigenvalue weighted by Gasteiger charge is 2.23. The minimum Gasteiger partial charge on any atom is -0.494 e. The average molecular weight is 348 g/mol. The molecule has 1 N–H and O–H groups in total. The summed E-state index contributed by atoms with van der Waals surface area (Å²) in [5.74, 6) is 1.88. The number of benzene rings is 1. The van der Waals surface area contributed by atoms with Gasteiger partial charge in [-0.25, -0.2) is 0 Å². The third kappa shape index (κ3) is 5.63. The van der Waals surface area contributed by atoms with Crippen molar-refractivity contribution in [3.05, 3.63) is 23.3 Å². The van der Waals surface area contributed by atoms with Gasteiger partial charge in [-0.05, 0) is 53.3 Å². The van der Waals surface area contributed by atoms with Crippen LogP contribution in [0, 0.1) is 0 Å². The number of ether oxygens (including phenoxy) is 2. The first-order valence-corrected chi connectivity index (χ1v) is 9.20. The lowest BCUT2D eigenvalue weighted by atomic mass is 10.1. The maximum atomic E-state index is 12.3. The van der Waals surface area contributed by atoms with Crippen LogP contribution in [0.5, 0.6) is 11.5 Å². The zero-order valence-corrected chi connectivity index (χ0v) is 16.4. The number of nitrogens with zero attached hydrogens (tertiary/aromatic N) is 1. The van der Waals surface area contributed by atoms with E-state index in [0.717, 1.165) is 30.0 Å². The smallest absolute Gasteiger partial charge is 0.234 e. The molecule has 0 aromatic heterocycles. The molecule has 1 aromatic carbocycles. The number of rotatable bonds is 7. The highest BCUT2D eigenvalue weighted by molar-refractivity contribution is 5.78. The van der Waals surface area contributed by atoms with E-state index < -0.39 is 0 Å². The Morgan fingerprint density at radius 3 is 2.68 bits per heavy atom. The van der Waals surface area contributed by atoms with Gasteiger partial charge in [0.2, 0.25) is 5.91 Å². The van der Waals surface area contributed by atoms with Gasteiger partial charge in [0.25, 0.3) is 0 Å². The van der Waals surface area contributed by atoms with Crippen molar-refractivity contribution in [1.29, 1.82) is 0 Å². The second-order valence-corrected chi connectivity index (χ2v) is 7.73. The largest absolute Gasteiger partial charge is 0.494 e. The van der Waals surface area contributed by atoms with E-state index in [1.54, 1.807) is 0 Å². The van der Waals surface area contributed by atoms with Crippen molar-refractivity contribution in [1.82, 2.24) is 10.2 Å². The number of amides is 1. The van der Waals surface area contributed by atoms with Gasteiger partial charge >= 0.3 is 0 Å². The number of likely N-dealkylation sites (N-methyl/N-ethyl adjacent to an activating group) is 1. The van der Waals surface area contributed by atoms with Gasteiger partial charge in [0.05, 0.1) is 13.2 Å². The molecule has 1 heterocycles. The lowest BCUT2D eigenvalue weighted by Crippen LogP contribution is -2.45. The standard InChI is InChI=1S/C20H32N2O3/c1-7-22(13-19(23)21-20(4,5)6)12-16-11-18-15(9-14(3)25-18)10-17(16)24-8-2/h10-11,14H,7-9,12-13H2,1-6H3,(H,21,23). The number of hydrogen-bond donors (Lipinski definition) is 1. The first-order chi connectivity index (χ1) is 11.7. The van der Waals surface area contributed by atoms with Crippen molar-refractivity contribution >= 4 is 5.91 Å². The van der Waals surface area contributed by atoms with Gasteiger partial charge in [-0.15, -0.1) is 0 Å². The summed E-state index contributed by atoms with van der Waals surface area (Å²) in [5, 5.41) is 3.02. The van der Waals surface area contributed by atoms with Gasteiger partial charge in [-0.2, -0.15) is 0 Å². The highest BCUT2D eigenvalue weighted by atomic mass is 16.5. The van der Waals surface area contributed by atoms with Gasteiger partial charge in [0, 0.05) is 29.6 Å².